The number of hydrogen-bond acceptors (Lipinski definition) is 1. The lowest BCUT2D eigenvalue weighted by Gasteiger charge is -1.93. The fourth-order valence-corrected chi connectivity index (χ4v) is 0.789. The first-order valence-electron chi connectivity index (χ1n) is 3.35. The van der Waals surface area contributed by atoms with Crippen LogP contribution in [0.15, 0.2) is 36.4 Å². The molecule has 1 aromatic rings. The number of halogens is 1. The van der Waals surface area contributed by atoms with Gasteiger partial charge < -0.3 is 5.11 Å². The van der Waals surface area contributed by atoms with Gasteiger partial charge >= 0.3 is 5.97 Å². The monoisotopic (exact) mass is 166 g/mol. The zero-order valence-corrected chi connectivity index (χ0v) is 6.20. The van der Waals surface area contributed by atoms with Crippen LogP contribution < -0.4 is 0 Å². The second-order valence-corrected chi connectivity index (χ2v) is 2.20. The van der Waals surface area contributed by atoms with Gasteiger partial charge in [0.2, 0.25) is 0 Å². The molecule has 0 radical (unpaired) electrons. The van der Waals surface area contributed by atoms with Crippen LogP contribution >= 0.6 is 0 Å². The molecule has 3 heteroatoms. The molecule has 0 saturated carbocycles. The van der Waals surface area contributed by atoms with Gasteiger partial charge in [0, 0.05) is 5.56 Å². The van der Waals surface area contributed by atoms with Crippen molar-refractivity contribution in [3.8, 4) is 0 Å². The second-order valence-electron chi connectivity index (χ2n) is 2.20. The summed E-state index contributed by atoms with van der Waals surface area (Å²) in [7, 11) is 0. The maximum absolute atomic E-state index is 12.9. The molecule has 1 rings (SSSR count). The van der Waals surface area contributed by atoms with Crippen LogP contribution in [0.1, 0.15) is 5.56 Å². The molecule has 0 saturated heterocycles. The molecule has 0 aliphatic rings. The molecule has 62 valence electrons. The molecule has 0 unspecified atom stereocenters. The molecular formula is C9H7FO2. The predicted octanol–water partition coefficient (Wildman–Crippen LogP) is 2.08. The van der Waals surface area contributed by atoms with E-state index in [-0.39, 0.29) is 5.56 Å². The van der Waals surface area contributed by atoms with Gasteiger partial charge in [-0.1, -0.05) is 30.3 Å². The molecule has 1 N–H and O–H groups in total. The van der Waals surface area contributed by atoms with E-state index in [9.17, 15) is 9.18 Å². The third-order valence-corrected chi connectivity index (χ3v) is 1.30. The van der Waals surface area contributed by atoms with Gasteiger partial charge in [-0.2, -0.15) is 0 Å². The number of rotatable bonds is 2. The number of carboxylic acids is 1. The van der Waals surface area contributed by atoms with Crippen LogP contribution in [0.3, 0.4) is 0 Å². The van der Waals surface area contributed by atoms with Crippen LogP contribution in [0.2, 0.25) is 0 Å². The molecule has 0 aliphatic heterocycles. The Balaban J connectivity index is 2.93. The van der Waals surface area contributed by atoms with Crippen LogP contribution in [-0.4, -0.2) is 11.1 Å². The van der Waals surface area contributed by atoms with Gasteiger partial charge in [-0.15, -0.1) is 0 Å². The van der Waals surface area contributed by atoms with E-state index in [1.165, 1.54) is 12.1 Å². The smallest absolute Gasteiger partial charge is 0.331 e. The number of carbonyl (C=O) groups is 1. The van der Waals surface area contributed by atoms with Gasteiger partial charge in [-0.05, 0) is 0 Å². The van der Waals surface area contributed by atoms with Gasteiger partial charge in [0.15, 0.2) is 0 Å². The molecule has 0 fully saturated rings. The predicted molar refractivity (Wildman–Crippen MR) is 43.2 cm³/mol. The Morgan fingerprint density at radius 2 is 1.92 bits per heavy atom. The van der Waals surface area contributed by atoms with Crippen molar-refractivity contribution in [1.29, 1.82) is 0 Å². The van der Waals surface area contributed by atoms with Crippen molar-refractivity contribution in [2.75, 3.05) is 0 Å². The fraction of sp³-hybridized carbons (Fsp3) is 0. The molecule has 0 amide bonds. The molecule has 0 spiro atoms. The molecule has 0 bridgehead atoms. The third kappa shape index (κ3) is 2.20. The third-order valence-electron chi connectivity index (χ3n) is 1.30. The zero-order chi connectivity index (χ0) is 8.97. The highest BCUT2D eigenvalue weighted by Crippen LogP contribution is 2.14. The van der Waals surface area contributed by atoms with E-state index in [0.717, 1.165) is 0 Å². The molecule has 0 atom stereocenters. The summed E-state index contributed by atoms with van der Waals surface area (Å²) in [6.07, 6.45) is 0.537. The van der Waals surface area contributed by atoms with Crippen molar-refractivity contribution in [3.05, 3.63) is 42.0 Å². The number of carboxylic acid groups (broad SMARTS) is 1. The first-order valence-corrected chi connectivity index (χ1v) is 3.35. The van der Waals surface area contributed by atoms with Crippen molar-refractivity contribution < 1.29 is 14.3 Å². The summed E-state index contributed by atoms with van der Waals surface area (Å²) in [6, 6.07) is 8.04. The summed E-state index contributed by atoms with van der Waals surface area (Å²) >= 11 is 0. The van der Waals surface area contributed by atoms with E-state index in [1.807, 2.05) is 0 Å². The standard InChI is InChI=1S/C9H7FO2/c10-8(6-9(11)12)7-4-2-1-3-5-7/h1-6H,(H,11,12). The summed E-state index contributed by atoms with van der Waals surface area (Å²) in [6.45, 7) is 0. The van der Waals surface area contributed by atoms with E-state index >= 15 is 0 Å². The largest absolute Gasteiger partial charge is 0.478 e. The van der Waals surface area contributed by atoms with Crippen LogP contribution in [-0.2, 0) is 4.79 Å². The summed E-state index contributed by atoms with van der Waals surface area (Å²) in [4.78, 5) is 10.1. The Labute approximate surface area is 69.0 Å². The van der Waals surface area contributed by atoms with Crippen molar-refractivity contribution in [2.45, 2.75) is 0 Å². The van der Waals surface area contributed by atoms with Crippen molar-refractivity contribution in [1.82, 2.24) is 0 Å². The van der Waals surface area contributed by atoms with Gasteiger partial charge in [-0.3, -0.25) is 0 Å². The van der Waals surface area contributed by atoms with Crippen LogP contribution in [0.25, 0.3) is 5.83 Å². The highest BCUT2D eigenvalue weighted by molar-refractivity contribution is 5.87. The van der Waals surface area contributed by atoms with Crippen LogP contribution in [0.4, 0.5) is 4.39 Å². The van der Waals surface area contributed by atoms with Crippen molar-refractivity contribution in [2.24, 2.45) is 0 Å². The van der Waals surface area contributed by atoms with Gasteiger partial charge in [-0.25, -0.2) is 9.18 Å². The Bertz CT molecular complexity index is 304. The van der Waals surface area contributed by atoms with E-state index in [0.29, 0.717) is 6.08 Å². The number of benzene rings is 1. The van der Waals surface area contributed by atoms with Gasteiger partial charge in [0.1, 0.15) is 5.83 Å². The van der Waals surface area contributed by atoms with Crippen molar-refractivity contribution >= 4 is 11.8 Å². The van der Waals surface area contributed by atoms with Gasteiger partial charge in [0.05, 0.1) is 6.08 Å². The highest BCUT2D eigenvalue weighted by Gasteiger charge is 2.00. The van der Waals surface area contributed by atoms with Crippen molar-refractivity contribution in [3.63, 3.8) is 0 Å². The lowest BCUT2D eigenvalue weighted by molar-refractivity contribution is -0.131. The van der Waals surface area contributed by atoms with Gasteiger partial charge in [0.25, 0.3) is 0 Å². The topological polar surface area (TPSA) is 37.3 Å². The molecule has 1 aromatic carbocycles. The molecule has 0 aliphatic carbocycles. The number of hydrogen-bond donors (Lipinski definition) is 1. The molecule has 0 heterocycles. The maximum Gasteiger partial charge on any atom is 0.331 e. The quantitative estimate of drug-likeness (QED) is 0.683. The summed E-state index contributed by atoms with van der Waals surface area (Å²) in [5.74, 6) is -2.01. The minimum Gasteiger partial charge on any atom is -0.478 e. The Morgan fingerprint density at radius 3 is 2.42 bits per heavy atom. The molecule has 12 heavy (non-hydrogen) atoms. The van der Waals surface area contributed by atoms with E-state index in [2.05, 4.69) is 0 Å². The van der Waals surface area contributed by atoms with E-state index in [4.69, 9.17) is 5.11 Å². The van der Waals surface area contributed by atoms with Crippen LogP contribution in [0.5, 0.6) is 0 Å². The van der Waals surface area contributed by atoms with E-state index < -0.39 is 11.8 Å². The number of aliphatic carboxylic acids is 1. The Morgan fingerprint density at radius 1 is 1.33 bits per heavy atom. The fourth-order valence-electron chi connectivity index (χ4n) is 0.789. The minimum absolute atomic E-state index is 0.278. The lowest BCUT2D eigenvalue weighted by atomic mass is 10.2. The average molecular weight is 166 g/mol. The second kappa shape index (κ2) is 3.67. The van der Waals surface area contributed by atoms with E-state index in [1.54, 1.807) is 18.2 Å². The first kappa shape index (κ1) is 8.46. The summed E-state index contributed by atoms with van der Waals surface area (Å²) in [5, 5.41) is 8.23. The Hall–Kier alpha value is -1.64. The summed E-state index contributed by atoms with van der Waals surface area (Å²) in [5.41, 5.74) is 0.278. The SMILES string of the molecule is O=C(O)C=C(F)c1ccccc1. The molecule has 0 aromatic heterocycles. The maximum atomic E-state index is 12.9. The zero-order valence-electron chi connectivity index (χ0n) is 6.20. The minimum atomic E-state index is -1.28. The molecular weight excluding hydrogens is 159 g/mol. The summed E-state index contributed by atoms with van der Waals surface area (Å²) < 4.78 is 12.9. The Kier molecular flexibility index (Phi) is 2.58. The molecule has 2 nitrogen and oxygen atoms in total. The van der Waals surface area contributed by atoms with Crippen LogP contribution in [0, 0.1) is 0 Å². The normalized spacial score (nSPS) is 11.2. The average Bonchev–Trinajstić information content (AvgIpc) is 2.05. The first-order chi connectivity index (χ1) is 5.70. The lowest BCUT2D eigenvalue weighted by Crippen LogP contribution is -1.88. The highest BCUT2D eigenvalue weighted by atomic mass is 19.1.